The normalized spacial score (nSPS) is 11.3. The molecule has 0 saturated carbocycles. The summed E-state index contributed by atoms with van der Waals surface area (Å²) >= 11 is 0. The lowest BCUT2D eigenvalue weighted by molar-refractivity contribution is 0.478. The summed E-state index contributed by atoms with van der Waals surface area (Å²) in [5.74, 6) is -0.361. The highest BCUT2D eigenvalue weighted by atomic mass is 16.4. The van der Waals surface area contributed by atoms with Gasteiger partial charge in [-0.1, -0.05) is 0 Å². The van der Waals surface area contributed by atoms with E-state index >= 15 is 0 Å². The van der Waals surface area contributed by atoms with E-state index in [0.717, 1.165) is 0 Å². The summed E-state index contributed by atoms with van der Waals surface area (Å²) in [5.41, 5.74) is 1.17. The Morgan fingerprint density at radius 3 is 2.77 bits per heavy atom. The molecule has 0 N–H and O–H groups in total. The van der Waals surface area contributed by atoms with Crippen LogP contribution in [0, 0.1) is 0 Å². The molecular weight excluding hydrogens is 170 g/mol. The fourth-order valence-electron chi connectivity index (χ4n) is 1.29. The first-order valence-electron chi connectivity index (χ1n) is 4.02. The number of aromatic nitrogens is 3. The Morgan fingerprint density at radius 1 is 1.38 bits per heavy atom. The van der Waals surface area contributed by atoms with Gasteiger partial charge in [-0.05, 0) is 13.8 Å². The maximum Gasteiger partial charge on any atom is 0.420 e. The van der Waals surface area contributed by atoms with Gasteiger partial charge >= 0.3 is 5.76 Å². The summed E-state index contributed by atoms with van der Waals surface area (Å²) in [6.07, 6.45) is 2.97. The average Bonchev–Trinajstić information content (AvgIpc) is 2.39. The molecule has 68 valence electrons. The van der Waals surface area contributed by atoms with E-state index in [1.54, 1.807) is 4.57 Å². The van der Waals surface area contributed by atoms with E-state index in [9.17, 15) is 4.79 Å². The second-order valence-corrected chi connectivity index (χ2v) is 3.07. The zero-order chi connectivity index (χ0) is 9.42. The molecule has 2 heterocycles. The van der Waals surface area contributed by atoms with Crippen molar-refractivity contribution in [3.63, 3.8) is 0 Å². The van der Waals surface area contributed by atoms with E-state index in [4.69, 9.17) is 4.42 Å². The van der Waals surface area contributed by atoms with Crippen molar-refractivity contribution < 1.29 is 4.42 Å². The standard InChI is InChI=1S/C8H9N3O2/c1-5(2)11-6-3-9-10-4-7(6)13-8(11)12/h3-5H,1-2H3. The van der Waals surface area contributed by atoms with Crippen LogP contribution in [0.5, 0.6) is 0 Å². The zero-order valence-corrected chi connectivity index (χ0v) is 7.39. The third-order valence-electron chi connectivity index (χ3n) is 1.84. The van der Waals surface area contributed by atoms with Gasteiger partial charge in [-0.3, -0.25) is 4.57 Å². The molecule has 2 aromatic rings. The van der Waals surface area contributed by atoms with E-state index < -0.39 is 0 Å². The molecule has 0 radical (unpaired) electrons. The van der Waals surface area contributed by atoms with Crippen LogP contribution in [-0.4, -0.2) is 14.8 Å². The minimum atomic E-state index is -0.361. The van der Waals surface area contributed by atoms with Gasteiger partial charge < -0.3 is 4.42 Å². The zero-order valence-electron chi connectivity index (χ0n) is 7.39. The van der Waals surface area contributed by atoms with Gasteiger partial charge in [0.15, 0.2) is 5.58 Å². The van der Waals surface area contributed by atoms with Gasteiger partial charge in [-0.25, -0.2) is 4.79 Å². The molecule has 0 aliphatic rings. The lowest BCUT2D eigenvalue weighted by atomic mass is 10.3. The Kier molecular flexibility index (Phi) is 1.65. The van der Waals surface area contributed by atoms with Crippen LogP contribution in [0.15, 0.2) is 21.6 Å². The minimum Gasteiger partial charge on any atom is -0.406 e. The molecule has 0 aliphatic heterocycles. The smallest absolute Gasteiger partial charge is 0.406 e. The number of oxazole rings is 1. The molecule has 5 heteroatoms. The summed E-state index contributed by atoms with van der Waals surface area (Å²) in [6.45, 7) is 3.83. The Hall–Kier alpha value is -1.65. The Morgan fingerprint density at radius 2 is 2.08 bits per heavy atom. The summed E-state index contributed by atoms with van der Waals surface area (Å²) in [7, 11) is 0. The lowest BCUT2D eigenvalue weighted by Gasteiger charge is -2.03. The van der Waals surface area contributed by atoms with Gasteiger partial charge in [0.1, 0.15) is 5.52 Å². The largest absolute Gasteiger partial charge is 0.420 e. The first-order valence-corrected chi connectivity index (χ1v) is 4.02. The Labute approximate surface area is 74.0 Å². The highest BCUT2D eigenvalue weighted by Gasteiger charge is 2.11. The highest BCUT2D eigenvalue weighted by Crippen LogP contribution is 2.13. The molecule has 2 aromatic heterocycles. The third kappa shape index (κ3) is 1.12. The van der Waals surface area contributed by atoms with E-state index in [2.05, 4.69) is 10.2 Å². The third-order valence-corrected chi connectivity index (χ3v) is 1.84. The minimum absolute atomic E-state index is 0.0675. The van der Waals surface area contributed by atoms with E-state index in [1.807, 2.05) is 13.8 Å². The monoisotopic (exact) mass is 179 g/mol. The highest BCUT2D eigenvalue weighted by molar-refractivity contribution is 5.70. The number of fused-ring (bicyclic) bond motifs is 1. The molecule has 0 amide bonds. The van der Waals surface area contributed by atoms with Gasteiger partial charge in [-0.2, -0.15) is 10.2 Å². The van der Waals surface area contributed by atoms with Crippen molar-refractivity contribution >= 4 is 11.1 Å². The second kappa shape index (κ2) is 2.69. The first kappa shape index (κ1) is 7.97. The molecule has 2 rings (SSSR count). The molecular formula is C8H9N3O2. The number of hydrogen-bond donors (Lipinski definition) is 0. The summed E-state index contributed by atoms with van der Waals surface area (Å²) in [6, 6.07) is 0.0675. The molecule has 0 bridgehead atoms. The molecule has 0 saturated heterocycles. The van der Waals surface area contributed by atoms with Crippen LogP contribution >= 0.6 is 0 Å². The Bertz CT molecular complexity index is 483. The van der Waals surface area contributed by atoms with Crippen LogP contribution in [0.2, 0.25) is 0 Å². The second-order valence-electron chi connectivity index (χ2n) is 3.07. The molecule has 0 spiro atoms. The summed E-state index contributed by atoms with van der Waals surface area (Å²) in [4.78, 5) is 11.3. The van der Waals surface area contributed by atoms with Gasteiger partial charge in [0.25, 0.3) is 0 Å². The maximum atomic E-state index is 11.3. The summed E-state index contributed by atoms with van der Waals surface area (Å²) < 4.78 is 6.51. The molecule has 5 nitrogen and oxygen atoms in total. The number of hydrogen-bond acceptors (Lipinski definition) is 4. The van der Waals surface area contributed by atoms with Gasteiger partial charge in [-0.15, -0.1) is 0 Å². The van der Waals surface area contributed by atoms with Crippen LogP contribution in [0.25, 0.3) is 11.1 Å². The first-order chi connectivity index (χ1) is 6.20. The quantitative estimate of drug-likeness (QED) is 0.654. The SMILES string of the molecule is CC(C)n1c(=O)oc2cnncc21. The number of rotatable bonds is 1. The van der Waals surface area contributed by atoms with Crippen molar-refractivity contribution in [3.8, 4) is 0 Å². The fraction of sp³-hybridized carbons (Fsp3) is 0.375. The van der Waals surface area contributed by atoms with Gasteiger partial charge in [0.05, 0.1) is 12.4 Å². The van der Waals surface area contributed by atoms with Crippen LogP contribution in [-0.2, 0) is 0 Å². The van der Waals surface area contributed by atoms with Crippen molar-refractivity contribution in [3.05, 3.63) is 22.9 Å². The van der Waals surface area contributed by atoms with E-state index in [1.165, 1.54) is 12.4 Å². The van der Waals surface area contributed by atoms with Crippen molar-refractivity contribution in [2.24, 2.45) is 0 Å². The van der Waals surface area contributed by atoms with Crippen LogP contribution in [0.1, 0.15) is 19.9 Å². The van der Waals surface area contributed by atoms with E-state index in [-0.39, 0.29) is 11.8 Å². The lowest BCUT2D eigenvalue weighted by Crippen LogP contribution is -2.15. The van der Waals surface area contributed by atoms with Crippen molar-refractivity contribution in [2.75, 3.05) is 0 Å². The maximum absolute atomic E-state index is 11.3. The van der Waals surface area contributed by atoms with Crippen LogP contribution < -0.4 is 5.76 Å². The van der Waals surface area contributed by atoms with Crippen LogP contribution in [0.4, 0.5) is 0 Å². The summed E-state index contributed by atoms with van der Waals surface area (Å²) in [5, 5.41) is 7.33. The molecule has 0 atom stereocenters. The molecule has 0 aliphatic carbocycles. The van der Waals surface area contributed by atoms with Crippen molar-refractivity contribution in [1.29, 1.82) is 0 Å². The fourth-order valence-corrected chi connectivity index (χ4v) is 1.29. The predicted molar refractivity (Wildman–Crippen MR) is 46.4 cm³/mol. The molecule has 0 aromatic carbocycles. The molecule has 13 heavy (non-hydrogen) atoms. The Balaban J connectivity index is 2.87. The van der Waals surface area contributed by atoms with Crippen molar-refractivity contribution in [2.45, 2.75) is 19.9 Å². The molecule has 0 fully saturated rings. The van der Waals surface area contributed by atoms with E-state index in [0.29, 0.717) is 11.1 Å². The van der Waals surface area contributed by atoms with Gasteiger partial charge in [0, 0.05) is 6.04 Å². The molecule has 0 unspecified atom stereocenters. The number of nitrogens with zero attached hydrogens (tertiary/aromatic N) is 3. The van der Waals surface area contributed by atoms with Crippen molar-refractivity contribution in [1.82, 2.24) is 14.8 Å². The van der Waals surface area contributed by atoms with Gasteiger partial charge in [0.2, 0.25) is 0 Å². The average molecular weight is 179 g/mol. The predicted octanol–water partition coefficient (Wildman–Crippen LogP) is 0.965. The topological polar surface area (TPSA) is 60.9 Å². The van der Waals surface area contributed by atoms with Crippen LogP contribution in [0.3, 0.4) is 0 Å².